The van der Waals surface area contributed by atoms with Crippen LogP contribution in [0.1, 0.15) is 0 Å². The van der Waals surface area contributed by atoms with Crippen molar-refractivity contribution in [1.82, 2.24) is 14.5 Å². The van der Waals surface area contributed by atoms with Crippen molar-refractivity contribution < 1.29 is 0 Å². The highest BCUT2D eigenvalue weighted by Crippen LogP contribution is 2.41. The molecular weight excluding hydrogens is 843 g/mol. The third-order valence-corrected chi connectivity index (χ3v) is 14.4. The second kappa shape index (κ2) is 16.6. The largest absolute Gasteiger partial charge is 0.309 e. The smallest absolute Gasteiger partial charge is 0.160 e. The molecule has 3 nitrogen and oxygen atoms in total. The van der Waals surface area contributed by atoms with Crippen molar-refractivity contribution >= 4 is 53.3 Å². The van der Waals surface area contributed by atoms with E-state index in [1.54, 1.807) is 0 Å². The van der Waals surface area contributed by atoms with E-state index in [1.807, 2.05) is 29.5 Å². The molecular formula is C64H41N3S. The molecule has 0 N–H and O–H groups in total. The Balaban J connectivity index is 0.954. The van der Waals surface area contributed by atoms with Crippen molar-refractivity contribution in [1.29, 1.82) is 0 Å². The summed E-state index contributed by atoms with van der Waals surface area (Å²) in [6.45, 7) is 0. The van der Waals surface area contributed by atoms with Gasteiger partial charge in [0.05, 0.1) is 22.4 Å². The molecule has 68 heavy (non-hydrogen) atoms. The maximum absolute atomic E-state index is 5.24. The number of rotatable bonds is 8. The molecule has 0 amide bonds. The summed E-state index contributed by atoms with van der Waals surface area (Å²) in [5.41, 5.74) is 17.7. The Labute approximate surface area is 398 Å². The standard InChI is InChI=1S/C64H41N3S/c1-4-13-42(14-5-1)44-23-25-46(26-24-44)49-31-34-60-55(38-49)56-39-50(51-33-36-63-57(40-51)54-21-10-11-22-62(54)68-63)32-35-61(56)67(60)53-20-12-19-52(37-53)59-41-58(65-64(66-59)48-17-8-3-9-18-48)47-29-27-45(28-30-47)43-15-6-2-7-16-43/h1-41H. The van der Waals surface area contributed by atoms with Gasteiger partial charge in [0.2, 0.25) is 0 Å². The lowest BCUT2D eigenvalue weighted by atomic mass is 9.98. The van der Waals surface area contributed by atoms with E-state index >= 15 is 0 Å². The molecule has 0 spiro atoms. The van der Waals surface area contributed by atoms with Crippen LogP contribution < -0.4 is 0 Å². The normalized spacial score (nSPS) is 11.5. The summed E-state index contributed by atoms with van der Waals surface area (Å²) < 4.78 is 5.04. The van der Waals surface area contributed by atoms with Crippen LogP contribution in [0.25, 0.3) is 126 Å². The molecule has 0 aliphatic rings. The summed E-state index contributed by atoms with van der Waals surface area (Å²) >= 11 is 1.86. The lowest BCUT2D eigenvalue weighted by Gasteiger charge is -2.13. The second-order valence-corrected chi connectivity index (χ2v) is 18.5. The molecule has 0 saturated heterocycles. The molecule has 3 heterocycles. The number of hydrogen-bond acceptors (Lipinski definition) is 3. The van der Waals surface area contributed by atoms with Gasteiger partial charge in [-0.25, -0.2) is 9.97 Å². The van der Waals surface area contributed by atoms with Gasteiger partial charge in [-0.1, -0.05) is 188 Å². The van der Waals surface area contributed by atoms with Gasteiger partial charge in [-0.3, -0.25) is 0 Å². The van der Waals surface area contributed by atoms with Gasteiger partial charge in [-0.15, -0.1) is 11.3 Å². The zero-order valence-electron chi connectivity index (χ0n) is 36.9. The fraction of sp³-hybridized carbons (Fsp3) is 0. The molecule has 0 atom stereocenters. The molecule has 318 valence electrons. The first kappa shape index (κ1) is 39.6. The van der Waals surface area contributed by atoms with Gasteiger partial charge < -0.3 is 4.57 Å². The molecule has 10 aromatic carbocycles. The number of fused-ring (bicyclic) bond motifs is 6. The summed E-state index contributed by atoms with van der Waals surface area (Å²) in [7, 11) is 0. The van der Waals surface area contributed by atoms with E-state index in [1.165, 1.54) is 75.5 Å². The van der Waals surface area contributed by atoms with Crippen LogP contribution in [0.3, 0.4) is 0 Å². The van der Waals surface area contributed by atoms with Crippen molar-refractivity contribution in [2.24, 2.45) is 0 Å². The average Bonchev–Trinajstić information content (AvgIpc) is 3.96. The van der Waals surface area contributed by atoms with Gasteiger partial charge in [0.15, 0.2) is 5.82 Å². The lowest BCUT2D eigenvalue weighted by molar-refractivity contribution is 1.16. The Kier molecular flexibility index (Phi) is 9.69. The molecule has 0 radical (unpaired) electrons. The Morgan fingerprint density at radius 3 is 1.31 bits per heavy atom. The van der Waals surface area contributed by atoms with Gasteiger partial charge in [-0.2, -0.15) is 0 Å². The minimum absolute atomic E-state index is 0.693. The Morgan fingerprint density at radius 2 is 0.691 bits per heavy atom. The van der Waals surface area contributed by atoms with Crippen LogP contribution in [0.5, 0.6) is 0 Å². The van der Waals surface area contributed by atoms with Gasteiger partial charge in [0.25, 0.3) is 0 Å². The SMILES string of the molecule is c1ccc(-c2ccc(-c3ccc4c(c3)c3cc(-c5ccc6sc7ccccc7c6c5)ccc3n4-c3cccc(-c4cc(-c5ccc(-c6ccccc6)cc5)nc(-c5ccccc5)n4)c3)cc2)cc1. The zero-order valence-corrected chi connectivity index (χ0v) is 37.7. The van der Waals surface area contributed by atoms with Gasteiger partial charge >= 0.3 is 0 Å². The van der Waals surface area contributed by atoms with Crippen LogP contribution in [0.15, 0.2) is 249 Å². The van der Waals surface area contributed by atoms with E-state index in [9.17, 15) is 0 Å². The average molecular weight is 884 g/mol. The highest BCUT2D eigenvalue weighted by molar-refractivity contribution is 7.25. The first-order valence-electron chi connectivity index (χ1n) is 23.0. The summed E-state index contributed by atoms with van der Waals surface area (Å²) in [5, 5.41) is 5.02. The van der Waals surface area contributed by atoms with E-state index in [4.69, 9.17) is 9.97 Å². The molecule has 3 aromatic heterocycles. The predicted molar refractivity (Wildman–Crippen MR) is 287 cm³/mol. The lowest BCUT2D eigenvalue weighted by Crippen LogP contribution is -1.98. The first-order chi connectivity index (χ1) is 33.7. The summed E-state index contributed by atoms with van der Waals surface area (Å²) in [6.07, 6.45) is 0. The molecule has 13 aromatic rings. The number of benzene rings is 10. The third-order valence-electron chi connectivity index (χ3n) is 13.2. The highest BCUT2D eigenvalue weighted by Gasteiger charge is 2.18. The van der Waals surface area contributed by atoms with Gasteiger partial charge in [-0.05, 0) is 105 Å². The van der Waals surface area contributed by atoms with Crippen molar-refractivity contribution in [2.45, 2.75) is 0 Å². The van der Waals surface area contributed by atoms with Crippen LogP contribution in [0.2, 0.25) is 0 Å². The Bertz CT molecular complexity index is 3980. The number of hydrogen-bond donors (Lipinski definition) is 0. The summed E-state index contributed by atoms with van der Waals surface area (Å²) in [5.74, 6) is 0.693. The van der Waals surface area contributed by atoms with Crippen LogP contribution in [-0.4, -0.2) is 14.5 Å². The summed E-state index contributed by atoms with van der Waals surface area (Å²) in [4.78, 5) is 10.4. The predicted octanol–water partition coefficient (Wildman–Crippen LogP) is 17.6. The Hall–Kier alpha value is -8.70. The molecule has 0 bridgehead atoms. The molecule has 4 heteroatoms. The van der Waals surface area contributed by atoms with Crippen molar-refractivity contribution in [3.8, 4) is 84.1 Å². The number of thiophene rings is 1. The molecule has 0 aliphatic carbocycles. The van der Waals surface area contributed by atoms with E-state index in [2.05, 4.69) is 235 Å². The monoisotopic (exact) mass is 883 g/mol. The fourth-order valence-corrected chi connectivity index (χ4v) is 10.9. The third kappa shape index (κ3) is 7.16. The van der Waals surface area contributed by atoms with Crippen LogP contribution in [0.4, 0.5) is 0 Å². The van der Waals surface area contributed by atoms with E-state index < -0.39 is 0 Å². The second-order valence-electron chi connectivity index (χ2n) is 17.4. The topological polar surface area (TPSA) is 30.7 Å². The fourth-order valence-electron chi connectivity index (χ4n) is 9.78. The molecule has 0 saturated carbocycles. The van der Waals surface area contributed by atoms with Crippen LogP contribution in [0, 0.1) is 0 Å². The van der Waals surface area contributed by atoms with E-state index in [0.717, 1.165) is 44.8 Å². The maximum atomic E-state index is 5.24. The minimum atomic E-state index is 0.693. The first-order valence-corrected chi connectivity index (χ1v) is 23.9. The van der Waals surface area contributed by atoms with Gasteiger partial charge in [0.1, 0.15) is 0 Å². The van der Waals surface area contributed by atoms with Crippen molar-refractivity contribution in [3.63, 3.8) is 0 Å². The van der Waals surface area contributed by atoms with E-state index in [-0.39, 0.29) is 0 Å². The Morgan fingerprint density at radius 1 is 0.265 bits per heavy atom. The van der Waals surface area contributed by atoms with E-state index in [0.29, 0.717) is 5.82 Å². The highest BCUT2D eigenvalue weighted by atomic mass is 32.1. The molecule has 0 fully saturated rings. The number of aromatic nitrogens is 3. The minimum Gasteiger partial charge on any atom is -0.309 e. The van der Waals surface area contributed by atoms with Crippen LogP contribution >= 0.6 is 11.3 Å². The molecule has 13 rings (SSSR count). The number of nitrogens with zero attached hydrogens (tertiary/aromatic N) is 3. The van der Waals surface area contributed by atoms with Crippen LogP contribution in [-0.2, 0) is 0 Å². The van der Waals surface area contributed by atoms with Crippen molar-refractivity contribution in [2.75, 3.05) is 0 Å². The molecule has 0 unspecified atom stereocenters. The summed E-state index contributed by atoms with van der Waals surface area (Å²) in [6, 6.07) is 89.5. The molecule has 0 aliphatic heterocycles. The zero-order chi connectivity index (χ0) is 45.0. The maximum Gasteiger partial charge on any atom is 0.160 e. The van der Waals surface area contributed by atoms with Crippen molar-refractivity contribution in [3.05, 3.63) is 249 Å². The quantitative estimate of drug-likeness (QED) is 0.152. The van der Waals surface area contributed by atoms with Gasteiger partial charge in [0, 0.05) is 53.3 Å².